The summed E-state index contributed by atoms with van der Waals surface area (Å²) in [6.45, 7) is 6.25. The summed E-state index contributed by atoms with van der Waals surface area (Å²) < 4.78 is 25.0. The standard InChI is InChI=1S/C23H27N3O4S/c1-23(2,3)17-12-16(21(27)19(13-17)18-6-5-11-24-22(18)28)9-7-15-8-10-20(25-14-15)26-31(4,29)30/h5-6,8,10-14,27H,7,9H2,1-4H3,(H,24,28)(H,25,26). The van der Waals surface area contributed by atoms with Crippen LogP contribution < -0.4 is 10.3 Å². The number of aromatic amines is 1. The van der Waals surface area contributed by atoms with Crippen LogP contribution in [0.15, 0.2) is 53.6 Å². The Bertz CT molecular complexity index is 1240. The van der Waals surface area contributed by atoms with Gasteiger partial charge in [0.2, 0.25) is 10.0 Å². The second-order valence-corrected chi connectivity index (χ2v) is 10.4. The number of aromatic nitrogens is 2. The van der Waals surface area contributed by atoms with Crippen LogP contribution in [0.2, 0.25) is 0 Å². The molecule has 0 atom stereocenters. The molecule has 8 heteroatoms. The van der Waals surface area contributed by atoms with Gasteiger partial charge in [0.15, 0.2) is 0 Å². The van der Waals surface area contributed by atoms with Gasteiger partial charge in [0.1, 0.15) is 11.6 Å². The molecule has 164 valence electrons. The molecule has 0 aliphatic rings. The predicted octanol–water partition coefficient (Wildman–Crippen LogP) is 3.60. The van der Waals surface area contributed by atoms with E-state index in [1.54, 1.807) is 36.7 Å². The Labute approximate surface area is 182 Å². The van der Waals surface area contributed by atoms with Crippen LogP contribution in [0.1, 0.15) is 37.5 Å². The lowest BCUT2D eigenvalue weighted by molar-refractivity contribution is 0.468. The highest BCUT2D eigenvalue weighted by Gasteiger charge is 2.20. The van der Waals surface area contributed by atoms with Crippen LogP contribution in [0.4, 0.5) is 5.82 Å². The van der Waals surface area contributed by atoms with E-state index in [1.807, 2.05) is 12.1 Å². The molecule has 3 N–H and O–H groups in total. The Morgan fingerprint density at radius 1 is 1.10 bits per heavy atom. The Morgan fingerprint density at radius 3 is 2.42 bits per heavy atom. The van der Waals surface area contributed by atoms with Gasteiger partial charge in [0.25, 0.3) is 5.56 Å². The summed E-state index contributed by atoms with van der Waals surface area (Å²) in [6, 6.07) is 10.7. The van der Waals surface area contributed by atoms with Crippen LogP contribution in [0.25, 0.3) is 11.1 Å². The molecule has 31 heavy (non-hydrogen) atoms. The number of aromatic hydroxyl groups is 1. The van der Waals surface area contributed by atoms with Gasteiger partial charge in [0.05, 0.1) is 11.8 Å². The quantitative estimate of drug-likeness (QED) is 0.541. The highest BCUT2D eigenvalue weighted by molar-refractivity contribution is 7.92. The van der Waals surface area contributed by atoms with E-state index in [1.165, 1.54) is 0 Å². The maximum absolute atomic E-state index is 12.3. The molecule has 0 saturated carbocycles. The van der Waals surface area contributed by atoms with Gasteiger partial charge in [-0.2, -0.15) is 0 Å². The normalized spacial score (nSPS) is 12.0. The Morgan fingerprint density at radius 2 is 1.84 bits per heavy atom. The van der Waals surface area contributed by atoms with Crippen molar-refractivity contribution in [3.63, 3.8) is 0 Å². The fourth-order valence-electron chi connectivity index (χ4n) is 3.26. The van der Waals surface area contributed by atoms with Crippen molar-refractivity contribution in [2.45, 2.75) is 39.0 Å². The highest BCUT2D eigenvalue weighted by atomic mass is 32.2. The molecule has 0 radical (unpaired) electrons. The SMILES string of the molecule is CC(C)(C)c1cc(CCc2ccc(NS(C)(=O)=O)nc2)c(O)c(-c2ccc[nH]c2=O)c1. The monoisotopic (exact) mass is 441 g/mol. The Hall–Kier alpha value is -3.13. The maximum Gasteiger partial charge on any atom is 0.255 e. The van der Waals surface area contributed by atoms with E-state index in [4.69, 9.17) is 0 Å². The van der Waals surface area contributed by atoms with Crippen molar-refractivity contribution in [1.29, 1.82) is 0 Å². The lowest BCUT2D eigenvalue weighted by Gasteiger charge is -2.22. The fraction of sp³-hybridized carbons (Fsp3) is 0.304. The van der Waals surface area contributed by atoms with Crippen molar-refractivity contribution < 1.29 is 13.5 Å². The minimum absolute atomic E-state index is 0.0908. The number of rotatable bonds is 6. The first-order valence-electron chi connectivity index (χ1n) is 9.91. The van der Waals surface area contributed by atoms with E-state index >= 15 is 0 Å². The molecule has 2 aromatic heterocycles. The summed E-state index contributed by atoms with van der Waals surface area (Å²) in [5, 5.41) is 11.0. The number of H-pyrrole nitrogens is 1. The number of sulfonamides is 1. The smallest absolute Gasteiger partial charge is 0.255 e. The highest BCUT2D eigenvalue weighted by Crippen LogP contribution is 2.36. The molecule has 0 saturated heterocycles. The number of nitrogens with one attached hydrogen (secondary N) is 2. The molecule has 0 amide bonds. The second kappa shape index (κ2) is 8.55. The first-order chi connectivity index (χ1) is 14.4. The third kappa shape index (κ3) is 5.73. The number of phenols is 1. The minimum atomic E-state index is -3.38. The van der Waals surface area contributed by atoms with Gasteiger partial charge in [-0.15, -0.1) is 0 Å². The molecular formula is C23H27N3O4S. The molecule has 3 aromatic rings. The van der Waals surface area contributed by atoms with Gasteiger partial charge in [-0.3, -0.25) is 9.52 Å². The van der Waals surface area contributed by atoms with Crippen LogP contribution in [-0.2, 0) is 28.3 Å². The number of hydrogen-bond acceptors (Lipinski definition) is 5. The van der Waals surface area contributed by atoms with Crippen molar-refractivity contribution in [3.8, 4) is 16.9 Å². The molecule has 2 heterocycles. The summed E-state index contributed by atoms with van der Waals surface area (Å²) >= 11 is 0. The predicted molar refractivity (Wildman–Crippen MR) is 123 cm³/mol. The van der Waals surface area contributed by atoms with Gasteiger partial charge in [-0.1, -0.05) is 32.9 Å². The Kier molecular flexibility index (Phi) is 6.22. The number of anilines is 1. The third-order valence-corrected chi connectivity index (χ3v) is 5.54. The first kappa shape index (κ1) is 22.6. The minimum Gasteiger partial charge on any atom is -0.507 e. The fourth-order valence-corrected chi connectivity index (χ4v) is 3.76. The zero-order chi connectivity index (χ0) is 22.8. The van der Waals surface area contributed by atoms with E-state index in [0.29, 0.717) is 24.0 Å². The molecule has 0 unspecified atom stereocenters. The van der Waals surface area contributed by atoms with Crippen molar-refractivity contribution in [2.24, 2.45) is 0 Å². The topological polar surface area (TPSA) is 112 Å². The summed E-state index contributed by atoms with van der Waals surface area (Å²) in [4.78, 5) is 19.1. The molecule has 0 spiro atoms. The summed E-state index contributed by atoms with van der Waals surface area (Å²) in [7, 11) is -3.38. The zero-order valence-electron chi connectivity index (χ0n) is 18.1. The van der Waals surface area contributed by atoms with Crippen LogP contribution in [0, 0.1) is 0 Å². The van der Waals surface area contributed by atoms with Gasteiger partial charge < -0.3 is 10.1 Å². The van der Waals surface area contributed by atoms with Crippen LogP contribution in [0.5, 0.6) is 5.75 Å². The summed E-state index contributed by atoms with van der Waals surface area (Å²) in [6.07, 6.45) is 5.38. The van der Waals surface area contributed by atoms with Crippen molar-refractivity contribution in [2.75, 3.05) is 11.0 Å². The molecule has 0 fully saturated rings. The average molecular weight is 442 g/mol. The number of benzene rings is 1. The number of aryl methyl sites for hydroxylation is 2. The number of pyridine rings is 2. The maximum atomic E-state index is 12.3. The van der Waals surface area contributed by atoms with Crippen molar-refractivity contribution >= 4 is 15.8 Å². The molecule has 7 nitrogen and oxygen atoms in total. The zero-order valence-corrected chi connectivity index (χ0v) is 18.9. The van der Waals surface area contributed by atoms with Gasteiger partial charge >= 0.3 is 0 Å². The van der Waals surface area contributed by atoms with Crippen LogP contribution in [0.3, 0.4) is 0 Å². The molecule has 0 bridgehead atoms. The van der Waals surface area contributed by atoms with Crippen molar-refractivity contribution in [1.82, 2.24) is 9.97 Å². The lowest BCUT2D eigenvalue weighted by Crippen LogP contribution is -2.14. The summed E-state index contributed by atoms with van der Waals surface area (Å²) in [5.41, 5.74) is 3.17. The number of phenolic OH excluding ortho intramolecular Hbond substituents is 1. The Balaban J connectivity index is 1.93. The van der Waals surface area contributed by atoms with E-state index in [9.17, 15) is 18.3 Å². The number of nitrogens with zero attached hydrogens (tertiary/aromatic N) is 1. The van der Waals surface area contributed by atoms with E-state index in [2.05, 4.69) is 35.5 Å². The molecule has 3 rings (SSSR count). The average Bonchev–Trinajstić information content (AvgIpc) is 2.67. The van der Waals surface area contributed by atoms with E-state index in [0.717, 1.165) is 22.9 Å². The van der Waals surface area contributed by atoms with Gasteiger partial charge in [0, 0.05) is 18.0 Å². The van der Waals surface area contributed by atoms with Crippen molar-refractivity contribution in [3.05, 3.63) is 75.8 Å². The molecular weight excluding hydrogens is 414 g/mol. The van der Waals surface area contributed by atoms with Gasteiger partial charge in [-0.25, -0.2) is 13.4 Å². The lowest BCUT2D eigenvalue weighted by atomic mass is 9.83. The largest absolute Gasteiger partial charge is 0.507 e. The molecule has 0 aliphatic heterocycles. The van der Waals surface area contributed by atoms with Crippen LogP contribution in [-0.4, -0.2) is 29.7 Å². The third-order valence-electron chi connectivity index (χ3n) is 4.96. The van der Waals surface area contributed by atoms with E-state index < -0.39 is 10.0 Å². The molecule has 0 aliphatic carbocycles. The first-order valence-corrected chi connectivity index (χ1v) is 11.8. The van der Waals surface area contributed by atoms with Gasteiger partial charge in [-0.05, 0) is 59.2 Å². The summed E-state index contributed by atoms with van der Waals surface area (Å²) in [5.74, 6) is 0.349. The second-order valence-electron chi connectivity index (χ2n) is 8.62. The molecule has 1 aromatic carbocycles. The number of hydrogen-bond donors (Lipinski definition) is 3. The van der Waals surface area contributed by atoms with Crippen LogP contribution >= 0.6 is 0 Å². The van der Waals surface area contributed by atoms with E-state index in [-0.39, 0.29) is 22.5 Å².